The number of morpholine rings is 1. The predicted molar refractivity (Wildman–Crippen MR) is 126 cm³/mol. The van der Waals surface area contributed by atoms with Gasteiger partial charge in [-0.3, -0.25) is 19.1 Å². The third kappa shape index (κ3) is 5.01. The molecule has 1 aromatic carbocycles. The van der Waals surface area contributed by atoms with Crippen molar-refractivity contribution < 1.29 is 9.53 Å². The van der Waals surface area contributed by atoms with E-state index in [0.29, 0.717) is 17.1 Å². The highest BCUT2D eigenvalue weighted by molar-refractivity contribution is 7.99. The quantitative estimate of drug-likeness (QED) is 0.433. The van der Waals surface area contributed by atoms with Crippen molar-refractivity contribution in [2.45, 2.75) is 19.0 Å². The van der Waals surface area contributed by atoms with Crippen LogP contribution in [0.25, 0.3) is 15.9 Å². The molecule has 0 spiro atoms. The largest absolute Gasteiger partial charge is 0.379 e. The minimum atomic E-state index is -0.0896. The molecule has 9 heteroatoms. The maximum absolute atomic E-state index is 13.4. The van der Waals surface area contributed by atoms with Gasteiger partial charge in [0.15, 0.2) is 5.16 Å². The van der Waals surface area contributed by atoms with Crippen LogP contribution in [-0.4, -0.2) is 65.5 Å². The first-order valence-electron chi connectivity index (χ1n) is 10.3. The Kier molecular flexibility index (Phi) is 7.06. The van der Waals surface area contributed by atoms with Crippen molar-refractivity contribution in [3.63, 3.8) is 0 Å². The van der Waals surface area contributed by atoms with E-state index in [-0.39, 0.29) is 17.2 Å². The molecule has 0 aliphatic carbocycles. The Bertz CT molecular complexity index is 1120. The van der Waals surface area contributed by atoms with E-state index in [1.807, 2.05) is 44.2 Å². The Morgan fingerprint density at radius 1 is 1.23 bits per heavy atom. The molecule has 1 amide bonds. The van der Waals surface area contributed by atoms with Gasteiger partial charge in [0.05, 0.1) is 30.0 Å². The van der Waals surface area contributed by atoms with E-state index in [1.54, 1.807) is 4.57 Å². The number of carbonyl (C=O) groups is 1. The fourth-order valence-corrected chi connectivity index (χ4v) is 5.45. The lowest BCUT2D eigenvalue weighted by Gasteiger charge is -2.26. The molecule has 0 saturated carbocycles. The molecule has 2 aromatic heterocycles. The van der Waals surface area contributed by atoms with Crippen molar-refractivity contribution in [2.24, 2.45) is 0 Å². The van der Waals surface area contributed by atoms with Gasteiger partial charge in [0.2, 0.25) is 5.91 Å². The molecular formula is C22H26N4O3S2. The average molecular weight is 459 g/mol. The van der Waals surface area contributed by atoms with E-state index in [9.17, 15) is 9.59 Å². The molecule has 1 fully saturated rings. The molecule has 1 N–H and O–H groups in total. The predicted octanol–water partition coefficient (Wildman–Crippen LogP) is 2.60. The zero-order valence-corrected chi connectivity index (χ0v) is 19.4. The molecule has 1 aliphatic heterocycles. The first-order valence-corrected chi connectivity index (χ1v) is 12.1. The van der Waals surface area contributed by atoms with Crippen molar-refractivity contribution in [3.8, 4) is 5.69 Å². The molecule has 164 valence electrons. The monoisotopic (exact) mass is 458 g/mol. The molecule has 31 heavy (non-hydrogen) atoms. The first-order chi connectivity index (χ1) is 15.0. The number of hydrogen-bond acceptors (Lipinski definition) is 7. The lowest BCUT2D eigenvalue weighted by molar-refractivity contribution is -0.118. The molecule has 0 atom stereocenters. The normalized spacial score (nSPS) is 14.8. The van der Waals surface area contributed by atoms with Crippen molar-refractivity contribution in [2.75, 3.05) is 45.1 Å². The highest BCUT2D eigenvalue weighted by Gasteiger charge is 2.19. The highest BCUT2D eigenvalue weighted by atomic mass is 32.2. The number of aryl methyl sites for hydroxylation is 2. The lowest BCUT2D eigenvalue weighted by Crippen LogP contribution is -2.41. The van der Waals surface area contributed by atoms with Gasteiger partial charge in [-0.15, -0.1) is 11.3 Å². The van der Waals surface area contributed by atoms with E-state index in [1.165, 1.54) is 23.1 Å². The minimum absolute atomic E-state index is 0.0641. The fourth-order valence-electron chi connectivity index (χ4n) is 3.54. The summed E-state index contributed by atoms with van der Waals surface area (Å²) in [6.07, 6.45) is 0. The Labute approximate surface area is 189 Å². The number of thiophene rings is 1. The van der Waals surface area contributed by atoms with Gasteiger partial charge < -0.3 is 10.1 Å². The summed E-state index contributed by atoms with van der Waals surface area (Å²) in [4.78, 5) is 34.7. The van der Waals surface area contributed by atoms with Crippen LogP contribution in [0.2, 0.25) is 0 Å². The highest BCUT2D eigenvalue weighted by Crippen LogP contribution is 2.29. The van der Waals surface area contributed by atoms with Crippen LogP contribution in [0.5, 0.6) is 0 Å². The van der Waals surface area contributed by atoms with Crippen LogP contribution in [0.1, 0.15) is 10.4 Å². The molecule has 1 aliphatic rings. The molecule has 4 rings (SSSR count). The summed E-state index contributed by atoms with van der Waals surface area (Å²) in [6.45, 7) is 8.67. The van der Waals surface area contributed by atoms with E-state index >= 15 is 0 Å². The molecule has 0 unspecified atom stereocenters. The topological polar surface area (TPSA) is 76.5 Å². The molecule has 0 radical (unpaired) electrons. The standard InChI is InChI=1S/C22H26N4O3S2/c1-15-16(2)31-20-19(15)21(28)26(17-6-4-3-5-7-17)22(24-20)30-14-18(27)23-8-9-25-10-12-29-13-11-25/h3-7H,8-14H2,1-2H3,(H,23,27). The lowest BCUT2D eigenvalue weighted by atomic mass is 10.2. The second-order valence-electron chi connectivity index (χ2n) is 7.43. The van der Waals surface area contributed by atoms with Gasteiger partial charge in [-0.1, -0.05) is 30.0 Å². The molecule has 0 bridgehead atoms. The van der Waals surface area contributed by atoms with Crippen LogP contribution in [0.4, 0.5) is 0 Å². The van der Waals surface area contributed by atoms with Gasteiger partial charge >= 0.3 is 0 Å². The van der Waals surface area contributed by atoms with Crippen LogP contribution in [0, 0.1) is 13.8 Å². The fraction of sp³-hybridized carbons (Fsp3) is 0.409. The summed E-state index contributed by atoms with van der Waals surface area (Å²) in [5.74, 6) is 0.141. The van der Waals surface area contributed by atoms with Crippen molar-refractivity contribution in [1.82, 2.24) is 19.8 Å². The smallest absolute Gasteiger partial charge is 0.267 e. The molecule has 7 nitrogen and oxygen atoms in total. The molecule has 3 heterocycles. The summed E-state index contributed by atoms with van der Waals surface area (Å²) in [7, 11) is 0. The van der Waals surface area contributed by atoms with Crippen LogP contribution in [0.3, 0.4) is 0 Å². The van der Waals surface area contributed by atoms with Gasteiger partial charge in [-0.25, -0.2) is 4.98 Å². The Hall–Kier alpha value is -2.20. The number of hydrogen-bond donors (Lipinski definition) is 1. The number of nitrogens with zero attached hydrogens (tertiary/aromatic N) is 3. The zero-order valence-electron chi connectivity index (χ0n) is 17.7. The number of benzene rings is 1. The second-order valence-corrected chi connectivity index (χ2v) is 9.57. The van der Waals surface area contributed by atoms with Crippen molar-refractivity contribution in [1.29, 1.82) is 0 Å². The third-order valence-corrected chi connectivity index (χ3v) is 7.41. The number of ether oxygens (including phenoxy) is 1. The van der Waals surface area contributed by atoms with Crippen LogP contribution in [0.15, 0.2) is 40.3 Å². The number of nitrogens with one attached hydrogen (secondary N) is 1. The Balaban J connectivity index is 1.51. The number of aromatic nitrogens is 2. The van der Waals surface area contributed by atoms with Crippen molar-refractivity contribution >= 4 is 39.2 Å². The molecule has 3 aromatic rings. The number of thioether (sulfide) groups is 1. The summed E-state index contributed by atoms with van der Waals surface area (Å²) in [5.41, 5.74) is 1.63. The Morgan fingerprint density at radius 3 is 2.71 bits per heavy atom. The second kappa shape index (κ2) is 9.95. The molecule has 1 saturated heterocycles. The Morgan fingerprint density at radius 2 is 1.97 bits per heavy atom. The zero-order chi connectivity index (χ0) is 21.8. The van der Waals surface area contributed by atoms with E-state index < -0.39 is 0 Å². The number of rotatable bonds is 7. The third-order valence-electron chi connectivity index (χ3n) is 5.37. The van der Waals surface area contributed by atoms with Gasteiger partial charge in [0.1, 0.15) is 4.83 Å². The maximum Gasteiger partial charge on any atom is 0.267 e. The summed E-state index contributed by atoms with van der Waals surface area (Å²) in [6, 6.07) is 9.47. The maximum atomic E-state index is 13.4. The number of carbonyl (C=O) groups excluding carboxylic acids is 1. The van der Waals surface area contributed by atoms with Gasteiger partial charge in [0.25, 0.3) is 5.56 Å². The number of fused-ring (bicyclic) bond motifs is 1. The van der Waals surface area contributed by atoms with Gasteiger partial charge in [-0.2, -0.15) is 0 Å². The SMILES string of the molecule is Cc1sc2nc(SCC(=O)NCCN3CCOCC3)n(-c3ccccc3)c(=O)c2c1C. The van der Waals surface area contributed by atoms with Crippen LogP contribution >= 0.6 is 23.1 Å². The minimum Gasteiger partial charge on any atom is -0.379 e. The summed E-state index contributed by atoms with van der Waals surface area (Å²) in [5, 5.41) is 4.16. The number of para-hydroxylation sites is 1. The van der Waals surface area contributed by atoms with Gasteiger partial charge in [0, 0.05) is 31.1 Å². The van der Waals surface area contributed by atoms with Gasteiger partial charge in [-0.05, 0) is 31.5 Å². The van der Waals surface area contributed by atoms with Crippen LogP contribution < -0.4 is 10.9 Å². The van der Waals surface area contributed by atoms with E-state index in [4.69, 9.17) is 9.72 Å². The van der Waals surface area contributed by atoms with Crippen molar-refractivity contribution in [3.05, 3.63) is 51.1 Å². The summed E-state index contributed by atoms with van der Waals surface area (Å²) >= 11 is 2.81. The first kappa shape index (κ1) is 22.0. The van der Waals surface area contributed by atoms with Crippen LogP contribution in [-0.2, 0) is 9.53 Å². The summed E-state index contributed by atoms with van der Waals surface area (Å²) < 4.78 is 6.96. The average Bonchev–Trinajstić information content (AvgIpc) is 3.07. The van der Waals surface area contributed by atoms with E-state index in [0.717, 1.165) is 53.8 Å². The van der Waals surface area contributed by atoms with E-state index in [2.05, 4.69) is 10.2 Å². The molecular weight excluding hydrogens is 432 g/mol. The number of amides is 1.